The average Bonchev–Trinajstić information content (AvgIpc) is 2.68. The fraction of sp³-hybridized carbons (Fsp3) is 0.609. The van der Waals surface area contributed by atoms with Crippen LogP contribution in [0.2, 0.25) is 0 Å². The lowest BCUT2D eigenvalue weighted by molar-refractivity contribution is -0.123. The lowest BCUT2D eigenvalue weighted by atomic mass is 10.1. The van der Waals surface area contributed by atoms with Crippen molar-refractivity contribution in [1.82, 2.24) is 16.0 Å². The van der Waals surface area contributed by atoms with E-state index in [1.807, 2.05) is 6.92 Å². The molecule has 3 amide bonds. The van der Waals surface area contributed by atoms with Gasteiger partial charge < -0.3 is 25.4 Å². The van der Waals surface area contributed by atoms with Crippen molar-refractivity contribution in [3.63, 3.8) is 0 Å². The molecule has 31 heavy (non-hydrogen) atoms. The third kappa shape index (κ3) is 15.7. The molecular weight excluding hydrogens is 398 g/mol. The molecular formula is C23H39N3O5. The van der Waals surface area contributed by atoms with Crippen LogP contribution in [0.4, 0.5) is 9.59 Å². The number of allylic oxidation sites excluding steroid dienone is 2. The van der Waals surface area contributed by atoms with Crippen molar-refractivity contribution < 1.29 is 23.9 Å². The molecule has 0 aliphatic heterocycles. The number of amides is 3. The molecule has 8 heteroatoms. The highest BCUT2D eigenvalue weighted by Crippen LogP contribution is 2.08. The summed E-state index contributed by atoms with van der Waals surface area (Å²) in [6.45, 7) is 15.6. The first-order chi connectivity index (χ1) is 14.6. The fourth-order valence-corrected chi connectivity index (χ4v) is 2.42. The van der Waals surface area contributed by atoms with Gasteiger partial charge in [-0.05, 0) is 52.0 Å². The smallest absolute Gasteiger partial charge is 0.408 e. The van der Waals surface area contributed by atoms with E-state index in [1.165, 1.54) is 0 Å². The molecule has 0 saturated carbocycles. The second kappa shape index (κ2) is 16.0. The van der Waals surface area contributed by atoms with Gasteiger partial charge in [0.1, 0.15) is 18.2 Å². The highest BCUT2D eigenvalue weighted by molar-refractivity contribution is 5.85. The van der Waals surface area contributed by atoms with E-state index >= 15 is 0 Å². The van der Waals surface area contributed by atoms with Gasteiger partial charge in [0, 0.05) is 13.1 Å². The van der Waals surface area contributed by atoms with Crippen LogP contribution in [-0.2, 0) is 14.3 Å². The molecule has 0 rings (SSSR count). The summed E-state index contributed by atoms with van der Waals surface area (Å²) >= 11 is 0. The Balaban J connectivity index is 4.44. The van der Waals surface area contributed by atoms with Crippen molar-refractivity contribution in [3.8, 4) is 0 Å². The summed E-state index contributed by atoms with van der Waals surface area (Å²) in [5, 5.41) is 8.14. The zero-order valence-corrected chi connectivity index (χ0v) is 19.4. The zero-order valence-electron chi connectivity index (χ0n) is 19.4. The predicted molar refractivity (Wildman–Crippen MR) is 123 cm³/mol. The third-order valence-electron chi connectivity index (χ3n) is 3.99. The Hall–Kier alpha value is -2.77. The van der Waals surface area contributed by atoms with E-state index < -0.39 is 23.8 Å². The Morgan fingerprint density at radius 2 is 1.68 bits per heavy atom. The van der Waals surface area contributed by atoms with Gasteiger partial charge in [-0.3, -0.25) is 4.79 Å². The summed E-state index contributed by atoms with van der Waals surface area (Å²) in [6, 6.07) is -0.696. The van der Waals surface area contributed by atoms with E-state index in [0.29, 0.717) is 32.4 Å². The van der Waals surface area contributed by atoms with E-state index in [2.05, 4.69) is 29.1 Å². The maximum absolute atomic E-state index is 12.4. The van der Waals surface area contributed by atoms with Crippen LogP contribution in [0.1, 0.15) is 59.8 Å². The summed E-state index contributed by atoms with van der Waals surface area (Å²) in [5.41, 5.74) is 0.0968. The van der Waals surface area contributed by atoms with Gasteiger partial charge in [0.25, 0.3) is 0 Å². The Labute approximate surface area is 186 Å². The molecule has 1 atom stereocenters. The SMILES string of the molecule is C=C/C=C(\C=C)COC(=O)NCCCCC(NC(=O)OC(C)(C)C)C(=O)NCCCC. The van der Waals surface area contributed by atoms with Crippen molar-refractivity contribution >= 4 is 18.1 Å². The van der Waals surface area contributed by atoms with E-state index in [-0.39, 0.29) is 12.5 Å². The average molecular weight is 438 g/mol. The molecule has 0 aromatic carbocycles. The number of unbranched alkanes of at least 4 members (excludes halogenated alkanes) is 2. The van der Waals surface area contributed by atoms with Crippen LogP contribution >= 0.6 is 0 Å². The van der Waals surface area contributed by atoms with Crippen molar-refractivity contribution in [2.45, 2.75) is 71.4 Å². The molecule has 0 fully saturated rings. The van der Waals surface area contributed by atoms with E-state index in [9.17, 15) is 14.4 Å². The topological polar surface area (TPSA) is 106 Å². The summed E-state index contributed by atoms with van der Waals surface area (Å²) in [5.74, 6) is -0.238. The minimum absolute atomic E-state index is 0.112. The Morgan fingerprint density at radius 3 is 2.26 bits per heavy atom. The molecule has 0 aliphatic carbocycles. The fourth-order valence-electron chi connectivity index (χ4n) is 2.42. The molecule has 3 N–H and O–H groups in total. The zero-order chi connectivity index (χ0) is 23.7. The van der Waals surface area contributed by atoms with Gasteiger partial charge in [-0.25, -0.2) is 9.59 Å². The molecule has 8 nitrogen and oxygen atoms in total. The molecule has 0 heterocycles. The molecule has 0 aliphatic rings. The maximum Gasteiger partial charge on any atom is 0.408 e. The number of carbonyl (C=O) groups excluding carboxylic acids is 3. The van der Waals surface area contributed by atoms with E-state index in [0.717, 1.165) is 18.4 Å². The monoisotopic (exact) mass is 437 g/mol. The van der Waals surface area contributed by atoms with Crippen LogP contribution in [0.25, 0.3) is 0 Å². The molecule has 1 unspecified atom stereocenters. The highest BCUT2D eigenvalue weighted by Gasteiger charge is 2.23. The second-order valence-electron chi connectivity index (χ2n) is 8.02. The molecule has 176 valence electrons. The minimum Gasteiger partial charge on any atom is -0.445 e. The Kier molecular flexibility index (Phi) is 14.6. The second-order valence-corrected chi connectivity index (χ2v) is 8.02. The van der Waals surface area contributed by atoms with Crippen LogP contribution in [0.15, 0.2) is 37.0 Å². The van der Waals surface area contributed by atoms with E-state index in [1.54, 1.807) is 39.0 Å². The van der Waals surface area contributed by atoms with Crippen LogP contribution in [0.5, 0.6) is 0 Å². The van der Waals surface area contributed by atoms with Crippen molar-refractivity contribution in [1.29, 1.82) is 0 Å². The summed E-state index contributed by atoms with van der Waals surface area (Å²) < 4.78 is 10.3. The molecule has 0 spiro atoms. The largest absolute Gasteiger partial charge is 0.445 e. The summed E-state index contributed by atoms with van der Waals surface area (Å²) in [4.78, 5) is 36.2. The molecule has 0 radical (unpaired) electrons. The number of hydrogen-bond acceptors (Lipinski definition) is 5. The number of carbonyl (C=O) groups is 3. The van der Waals surface area contributed by atoms with Crippen LogP contribution < -0.4 is 16.0 Å². The van der Waals surface area contributed by atoms with Gasteiger partial charge >= 0.3 is 12.2 Å². The Morgan fingerprint density at radius 1 is 1.00 bits per heavy atom. The van der Waals surface area contributed by atoms with Gasteiger partial charge in [0.05, 0.1) is 0 Å². The molecule has 0 bridgehead atoms. The first-order valence-electron chi connectivity index (χ1n) is 10.7. The lowest BCUT2D eigenvalue weighted by Crippen LogP contribution is -2.48. The number of ether oxygens (including phenoxy) is 2. The van der Waals surface area contributed by atoms with Crippen molar-refractivity contribution in [3.05, 3.63) is 37.0 Å². The van der Waals surface area contributed by atoms with Crippen molar-refractivity contribution in [2.75, 3.05) is 19.7 Å². The first-order valence-corrected chi connectivity index (χ1v) is 10.7. The normalized spacial score (nSPS) is 12.3. The minimum atomic E-state index is -0.696. The number of rotatable bonds is 14. The summed E-state index contributed by atoms with van der Waals surface area (Å²) in [7, 11) is 0. The maximum atomic E-state index is 12.4. The highest BCUT2D eigenvalue weighted by atomic mass is 16.6. The predicted octanol–water partition coefficient (Wildman–Crippen LogP) is 3.99. The first kappa shape index (κ1) is 28.2. The molecule has 0 aromatic heterocycles. The number of alkyl carbamates (subject to hydrolysis) is 2. The molecule has 0 aromatic rings. The van der Waals surface area contributed by atoms with Gasteiger partial charge in [-0.15, -0.1) is 0 Å². The van der Waals surface area contributed by atoms with Gasteiger partial charge in [-0.1, -0.05) is 44.7 Å². The van der Waals surface area contributed by atoms with Crippen molar-refractivity contribution in [2.24, 2.45) is 0 Å². The van der Waals surface area contributed by atoms with Crippen LogP contribution in [-0.4, -0.2) is 49.4 Å². The number of nitrogens with one attached hydrogen (secondary N) is 3. The molecule has 0 saturated heterocycles. The van der Waals surface area contributed by atoms with E-state index in [4.69, 9.17) is 9.47 Å². The summed E-state index contributed by atoms with van der Waals surface area (Å²) in [6.07, 6.45) is 7.25. The van der Waals surface area contributed by atoms with Gasteiger partial charge in [-0.2, -0.15) is 0 Å². The third-order valence-corrected chi connectivity index (χ3v) is 3.99. The lowest BCUT2D eigenvalue weighted by Gasteiger charge is -2.23. The van der Waals surface area contributed by atoms with Gasteiger partial charge in [0.15, 0.2) is 0 Å². The quantitative estimate of drug-likeness (QED) is 0.281. The standard InChI is InChI=1S/C23H39N3O5/c1-7-10-15-24-20(27)19(26-22(29)31-23(4,5)6)14-11-12-16-25-21(28)30-17-18(9-3)13-8-2/h8-9,13,19H,2-3,7,10-12,14-17H2,1,4-6H3,(H,24,27)(H,25,28)(H,26,29)/b18-13+. The van der Waals surface area contributed by atoms with Crippen LogP contribution in [0.3, 0.4) is 0 Å². The number of hydrogen-bond donors (Lipinski definition) is 3. The Bertz CT molecular complexity index is 623. The van der Waals surface area contributed by atoms with Gasteiger partial charge in [0.2, 0.25) is 5.91 Å². The van der Waals surface area contributed by atoms with Crippen LogP contribution in [0, 0.1) is 0 Å².